The Morgan fingerprint density at radius 1 is 1.37 bits per heavy atom. The molecule has 19 heavy (non-hydrogen) atoms. The molecule has 0 aromatic carbocycles. The maximum absolute atomic E-state index is 11.7. The molecule has 0 unspecified atom stereocenters. The van der Waals surface area contributed by atoms with E-state index in [2.05, 4.69) is 10.6 Å². The van der Waals surface area contributed by atoms with Gasteiger partial charge in [-0.25, -0.2) is 13.2 Å². The van der Waals surface area contributed by atoms with Crippen molar-refractivity contribution in [2.45, 2.75) is 32.4 Å². The zero-order chi connectivity index (χ0) is 14.5. The van der Waals surface area contributed by atoms with Gasteiger partial charge in [-0.1, -0.05) is 6.07 Å². The smallest absolute Gasteiger partial charge is 0.315 e. The van der Waals surface area contributed by atoms with Gasteiger partial charge in [-0.05, 0) is 31.7 Å². The third-order valence-electron chi connectivity index (χ3n) is 2.62. The van der Waals surface area contributed by atoms with Gasteiger partial charge < -0.3 is 10.6 Å². The molecule has 0 aliphatic carbocycles. The van der Waals surface area contributed by atoms with Crippen molar-refractivity contribution >= 4 is 27.2 Å². The van der Waals surface area contributed by atoms with E-state index in [9.17, 15) is 13.2 Å². The van der Waals surface area contributed by atoms with E-state index in [4.69, 9.17) is 0 Å². The van der Waals surface area contributed by atoms with Crippen molar-refractivity contribution in [2.75, 3.05) is 12.0 Å². The number of urea groups is 1. The van der Waals surface area contributed by atoms with Crippen LogP contribution in [0.15, 0.2) is 17.5 Å². The largest absolute Gasteiger partial charge is 0.336 e. The summed E-state index contributed by atoms with van der Waals surface area (Å²) in [6.45, 7) is 3.70. The summed E-state index contributed by atoms with van der Waals surface area (Å²) in [5.74, 6) is 0.0783. The highest BCUT2D eigenvalue weighted by molar-refractivity contribution is 7.90. The summed E-state index contributed by atoms with van der Waals surface area (Å²) in [4.78, 5) is 12.8. The summed E-state index contributed by atoms with van der Waals surface area (Å²) < 4.78 is 22.1. The minimum Gasteiger partial charge on any atom is -0.336 e. The second-order valence-corrected chi connectivity index (χ2v) is 7.91. The molecule has 0 bridgehead atoms. The second-order valence-electron chi connectivity index (χ2n) is 4.67. The molecule has 0 fully saturated rings. The van der Waals surface area contributed by atoms with Crippen LogP contribution in [-0.4, -0.2) is 32.5 Å². The molecule has 0 radical (unpaired) electrons. The molecule has 0 saturated carbocycles. The van der Waals surface area contributed by atoms with Gasteiger partial charge in [0, 0.05) is 17.2 Å². The van der Waals surface area contributed by atoms with Gasteiger partial charge in [-0.2, -0.15) is 0 Å². The average Bonchev–Trinajstić information content (AvgIpc) is 2.78. The van der Waals surface area contributed by atoms with Crippen LogP contribution in [0.2, 0.25) is 0 Å². The maximum Gasteiger partial charge on any atom is 0.315 e. The van der Waals surface area contributed by atoms with Gasteiger partial charge in [0.15, 0.2) is 0 Å². The Kier molecular flexibility index (Phi) is 5.81. The normalized spacial score (nSPS) is 14.7. The molecular formula is C12H20N2O3S2. The van der Waals surface area contributed by atoms with Crippen molar-refractivity contribution in [1.29, 1.82) is 0 Å². The summed E-state index contributed by atoms with van der Waals surface area (Å²) in [6.07, 6.45) is 1.61. The second kappa shape index (κ2) is 6.91. The Balaban J connectivity index is 2.34. The molecular weight excluding hydrogens is 284 g/mol. The first-order chi connectivity index (χ1) is 8.78. The van der Waals surface area contributed by atoms with Crippen LogP contribution < -0.4 is 10.6 Å². The van der Waals surface area contributed by atoms with E-state index in [0.29, 0.717) is 6.42 Å². The van der Waals surface area contributed by atoms with Crippen LogP contribution in [0.1, 0.15) is 31.2 Å². The molecule has 0 saturated heterocycles. The van der Waals surface area contributed by atoms with Crippen molar-refractivity contribution in [1.82, 2.24) is 10.6 Å². The van der Waals surface area contributed by atoms with Crippen molar-refractivity contribution in [3.8, 4) is 0 Å². The van der Waals surface area contributed by atoms with E-state index in [1.165, 1.54) is 6.26 Å². The molecule has 2 atom stereocenters. The molecule has 7 heteroatoms. The standard InChI is InChI=1S/C12H20N2O3S2/c1-9(6-8-19(3,16)17)13-12(15)14-10(2)11-5-4-7-18-11/h4-5,7,9-10H,6,8H2,1-3H3,(H2,13,14,15)/t9-,10-/m1/s1. The van der Waals surface area contributed by atoms with Gasteiger partial charge in [0.25, 0.3) is 0 Å². The lowest BCUT2D eigenvalue weighted by Gasteiger charge is -2.17. The van der Waals surface area contributed by atoms with E-state index in [1.54, 1.807) is 18.3 Å². The first kappa shape index (κ1) is 16.0. The SMILES string of the molecule is C[C@H](CCS(C)(=O)=O)NC(=O)N[C@H](C)c1cccs1. The van der Waals surface area contributed by atoms with Gasteiger partial charge in [-0.3, -0.25) is 0 Å². The first-order valence-corrected chi connectivity index (χ1v) is 9.00. The number of carbonyl (C=O) groups is 1. The van der Waals surface area contributed by atoms with Gasteiger partial charge in [0.2, 0.25) is 0 Å². The number of thiophene rings is 1. The third-order valence-corrected chi connectivity index (χ3v) is 4.65. The first-order valence-electron chi connectivity index (χ1n) is 6.06. The molecule has 0 aliphatic rings. The number of rotatable bonds is 6. The number of sulfone groups is 1. The number of hydrogen-bond donors (Lipinski definition) is 2. The molecule has 2 N–H and O–H groups in total. The molecule has 2 amide bonds. The van der Waals surface area contributed by atoms with E-state index < -0.39 is 9.84 Å². The van der Waals surface area contributed by atoms with E-state index in [1.807, 2.05) is 24.4 Å². The molecule has 108 valence electrons. The topological polar surface area (TPSA) is 75.3 Å². The fourth-order valence-electron chi connectivity index (χ4n) is 1.53. The summed E-state index contributed by atoms with van der Waals surface area (Å²) in [5.41, 5.74) is 0. The lowest BCUT2D eigenvalue weighted by atomic mass is 10.2. The molecule has 1 heterocycles. The quantitative estimate of drug-likeness (QED) is 0.843. The lowest BCUT2D eigenvalue weighted by Crippen LogP contribution is -2.42. The van der Waals surface area contributed by atoms with E-state index >= 15 is 0 Å². The summed E-state index contributed by atoms with van der Waals surface area (Å²) in [6, 6.07) is 3.39. The molecule has 0 spiro atoms. The zero-order valence-electron chi connectivity index (χ0n) is 11.3. The molecule has 5 nitrogen and oxygen atoms in total. The van der Waals surface area contributed by atoms with Crippen LogP contribution >= 0.6 is 11.3 Å². The van der Waals surface area contributed by atoms with Crippen LogP contribution in [0.5, 0.6) is 0 Å². The maximum atomic E-state index is 11.7. The Hall–Kier alpha value is -1.08. The fraction of sp³-hybridized carbons (Fsp3) is 0.583. The highest BCUT2D eigenvalue weighted by Gasteiger charge is 2.13. The fourth-order valence-corrected chi connectivity index (χ4v) is 3.05. The molecule has 0 aliphatic heterocycles. The van der Waals surface area contributed by atoms with Gasteiger partial charge >= 0.3 is 6.03 Å². The minimum absolute atomic E-state index is 0.0536. The van der Waals surface area contributed by atoms with E-state index in [-0.39, 0.29) is 23.9 Å². The van der Waals surface area contributed by atoms with Gasteiger partial charge in [0.1, 0.15) is 9.84 Å². The molecule has 1 aromatic heterocycles. The highest BCUT2D eigenvalue weighted by atomic mass is 32.2. The Morgan fingerprint density at radius 3 is 2.58 bits per heavy atom. The number of carbonyl (C=O) groups excluding carboxylic acids is 1. The van der Waals surface area contributed by atoms with Crippen LogP contribution in [0.25, 0.3) is 0 Å². The average molecular weight is 304 g/mol. The van der Waals surface area contributed by atoms with E-state index in [0.717, 1.165) is 4.88 Å². The molecule has 1 aromatic rings. The summed E-state index contributed by atoms with van der Waals surface area (Å²) in [5, 5.41) is 7.52. The highest BCUT2D eigenvalue weighted by Crippen LogP contribution is 2.17. The van der Waals surface area contributed by atoms with Crippen LogP contribution in [0.4, 0.5) is 4.79 Å². The van der Waals surface area contributed by atoms with Crippen LogP contribution in [-0.2, 0) is 9.84 Å². The Bertz CT molecular complexity index is 497. The Labute approximate surface area is 118 Å². The number of nitrogens with one attached hydrogen (secondary N) is 2. The number of hydrogen-bond acceptors (Lipinski definition) is 4. The minimum atomic E-state index is -2.98. The van der Waals surface area contributed by atoms with Crippen LogP contribution in [0, 0.1) is 0 Å². The number of amides is 2. The zero-order valence-corrected chi connectivity index (χ0v) is 13.0. The van der Waals surface area contributed by atoms with Crippen molar-refractivity contribution < 1.29 is 13.2 Å². The van der Waals surface area contributed by atoms with Gasteiger partial charge in [0.05, 0.1) is 11.8 Å². The van der Waals surface area contributed by atoms with Crippen LogP contribution in [0.3, 0.4) is 0 Å². The summed E-state index contributed by atoms with van der Waals surface area (Å²) >= 11 is 1.58. The monoisotopic (exact) mass is 304 g/mol. The summed E-state index contributed by atoms with van der Waals surface area (Å²) in [7, 11) is -2.98. The predicted molar refractivity (Wildman–Crippen MR) is 78.2 cm³/mol. The lowest BCUT2D eigenvalue weighted by molar-refractivity contribution is 0.234. The van der Waals surface area contributed by atoms with Crippen molar-refractivity contribution in [3.05, 3.63) is 22.4 Å². The third kappa shape index (κ3) is 6.58. The van der Waals surface area contributed by atoms with Crippen molar-refractivity contribution in [2.24, 2.45) is 0 Å². The molecule has 1 rings (SSSR count). The Morgan fingerprint density at radius 2 is 2.05 bits per heavy atom. The predicted octanol–water partition coefficient (Wildman–Crippen LogP) is 1.93. The van der Waals surface area contributed by atoms with Crippen molar-refractivity contribution in [3.63, 3.8) is 0 Å². The van der Waals surface area contributed by atoms with Gasteiger partial charge in [-0.15, -0.1) is 11.3 Å².